The van der Waals surface area contributed by atoms with Crippen molar-refractivity contribution in [2.24, 2.45) is 11.7 Å². The largest absolute Gasteiger partial charge is 0.341 e. The molecule has 0 saturated heterocycles. The zero-order valence-corrected chi connectivity index (χ0v) is 13.4. The molecule has 1 aromatic carbocycles. The minimum Gasteiger partial charge on any atom is -0.341 e. The molecule has 1 aliphatic rings. The Balaban J connectivity index is 0.00000220. The first-order valence-electron chi connectivity index (χ1n) is 6.85. The molecule has 0 bridgehead atoms. The number of nitrogens with one attached hydrogen (secondary N) is 1. The van der Waals surface area contributed by atoms with Gasteiger partial charge in [0.1, 0.15) is 0 Å². The molecule has 116 valence electrons. The fraction of sp³-hybridized carbons (Fsp3) is 0.467. The molecule has 1 aromatic rings. The second kappa shape index (κ2) is 6.91. The maximum atomic E-state index is 12.1. The Morgan fingerprint density at radius 1 is 1.38 bits per heavy atom. The number of anilines is 1. The molecule has 3 N–H and O–H groups in total. The topological polar surface area (TPSA) is 75.4 Å². The highest BCUT2D eigenvalue weighted by Gasteiger charge is 2.23. The van der Waals surface area contributed by atoms with E-state index in [1.165, 1.54) is 0 Å². The van der Waals surface area contributed by atoms with Gasteiger partial charge in [-0.1, -0.05) is 19.9 Å². The van der Waals surface area contributed by atoms with E-state index in [4.69, 9.17) is 5.73 Å². The van der Waals surface area contributed by atoms with E-state index < -0.39 is 6.04 Å². The third kappa shape index (κ3) is 3.74. The molecular formula is C15H22ClN3O2. The number of hydrogen-bond donors (Lipinski definition) is 2. The Labute approximate surface area is 131 Å². The molecule has 0 fully saturated rings. The Kier molecular flexibility index (Phi) is 5.75. The molecule has 0 spiro atoms. The Bertz CT molecular complexity index is 546. The number of halogens is 1. The Morgan fingerprint density at radius 3 is 2.67 bits per heavy atom. The van der Waals surface area contributed by atoms with Gasteiger partial charge in [0.25, 0.3) is 5.91 Å². The van der Waals surface area contributed by atoms with E-state index in [1.54, 1.807) is 18.0 Å². The number of benzene rings is 1. The number of carbonyl (C=O) groups excluding carboxylic acids is 2. The molecule has 1 atom stereocenters. The van der Waals surface area contributed by atoms with Crippen LogP contribution in [0.4, 0.5) is 5.69 Å². The van der Waals surface area contributed by atoms with Crippen molar-refractivity contribution in [3.05, 3.63) is 29.3 Å². The first kappa shape index (κ1) is 17.5. The molecule has 2 amide bonds. The molecule has 1 aliphatic heterocycles. The lowest BCUT2D eigenvalue weighted by Gasteiger charge is -2.25. The molecule has 21 heavy (non-hydrogen) atoms. The zero-order valence-electron chi connectivity index (χ0n) is 12.6. The summed E-state index contributed by atoms with van der Waals surface area (Å²) in [7, 11) is 1.78. The van der Waals surface area contributed by atoms with E-state index in [2.05, 4.69) is 5.32 Å². The van der Waals surface area contributed by atoms with Crippen LogP contribution in [0.2, 0.25) is 0 Å². The van der Waals surface area contributed by atoms with Crippen molar-refractivity contribution in [1.29, 1.82) is 0 Å². The van der Waals surface area contributed by atoms with Gasteiger partial charge in [-0.15, -0.1) is 12.4 Å². The summed E-state index contributed by atoms with van der Waals surface area (Å²) in [4.78, 5) is 25.7. The molecule has 1 heterocycles. The highest BCUT2D eigenvalue weighted by atomic mass is 35.5. The highest BCUT2D eigenvalue weighted by molar-refractivity contribution is 6.00. The minimum atomic E-state index is -0.551. The molecule has 0 unspecified atom stereocenters. The Hall–Kier alpha value is -1.59. The van der Waals surface area contributed by atoms with Crippen LogP contribution in [0.15, 0.2) is 18.2 Å². The molecule has 0 radical (unpaired) electrons. The summed E-state index contributed by atoms with van der Waals surface area (Å²) in [6.45, 7) is 4.53. The number of rotatable bonds is 3. The van der Waals surface area contributed by atoms with Gasteiger partial charge in [-0.25, -0.2) is 0 Å². The van der Waals surface area contributed by atoms with Gasteiger partial charge in [0.15, 0.2) is 0 Å². The maximum absolute atomic E-state index is 12.1. The van der Waals surface area contributed by atoms with Crippen LogP contribution in [0.5, 0.6) is 0 Å². The van der Waals surface area contributed by atoms with Crippen molar-refractivity contribution in [2.45, 2.75) is 26.3 Å². The first-order chi connectivity index (χ1) is 9.40. The number of nitrogens with two attached hydrogens (primary N) is 1. The van der Waals surface area contributed by atoms with E-state index >= 15 is 0 Å². The summed E-state index contributed by atoms with van der Waals surface area (Å²) in [5, 5.41) is 2.77. The summed E-state index contributed by atoms with van der Waals surface area (Å²) in [5.74, 6) is -0.160. The second-order valence-electron chi connectivity index (χ2n) is 5.61. The standard InChI is InChI=1S/C15H21N3O2.ClH/c1-9(2)13(16)14(19)17-11-5-4-10-6-7-18(3)15(20)12(10)8-11;/h4-5,8-9,13H,6-7,16H2,1-3H3,(H,17,19);1H/t13-;/m0./s1. The SMILES string of the molecule is CC(C)[C@H](N)C(=O)Nc1ccc2c(c1)C(=O)N(C)CC2.Cl. The summed E-state index contributed by atoms with van der Waals surface area (Å²) >= 11 is 0. The predicted octanol–water partition coefficient (Wildman–Crippen LogP) is 1.66. The van der Waals surface area contributed by atoms with E-state index in [-0.39, 0.29) is 30.1 Å². The lowest BCUT2D eigenvalue weighted by Crippen LogP contribution is -2.40. The smallest absolute Gasteiger partial charge is 0.253 e. The van der Waals surface area contributed by atoms with Crippen molar-refractivity contribution >= 4 is 29.9 Å². The summed E-state index contributed by atoms with van der Waals surface area (Å²) in [5.41, 5.74) is 8.12. The highest BCUT2D eigenvalue weighted by Crippen LogP contribution is 2.22. The zero-order chi connectivity index (χ0) is 14.9. The molecule has 0 saturated carbocycles. The maximum Gasteiger partial charge on any atom is 0.253 e. The normalized spacial score (nSPS) is 15.3. The van der Waals surface area contributed by atoms with Crippen LogP contribution >= 0.6 is 12.4 Å². The van der Waals surface area contributed by atoms with E-state index in [0.717, 1.165) is 18.5 Å². The third-order valence-electron chi connectivity index (χ3n) is 3.69. The molecule has 5 nitrogen and oxygen atoms in total. The van der Waals surface area contributed by atoms with Crippen LogP contribution in [0, 0.1) is 5.92 Å². The number of hydrogen-bond acceptors (Lipinski definition) is 3. The number of carbonyl (C=O) groups is 2. The molecule has 0 aliphatic carbocycles. The Morgan fingerprint density at radius 2 is 2.05 bits per heavy atom. The number of amides is 2. The molecule has 2 rings (SSSR count). The van der Waals surface area contributed by atoms with Crippen molar-refractivity contribution in [3.63, 3.8) is 0 Å². The van der Waals surface area contributed by atoms with Crippen LogP contribution in [0.25, 0.3) is 0 Å². The van der Waals surface area contributed by atoms with Crippen LogP contribution < -0.4 is 11.1 Å². The van der Waals surface area contributed by atoms with Crippen molar-refractivity contribution in [1.82, 2.24) is 4.90 Å². The van der Waals surface area contributed by atoms with E-state index in [9.17, 15) is 9.59 Å². The lowest BCUT2D eigenvalue weighted by atomic mass is 9.98. The minimum absolute atomic E-state index is 0. The van der Waals surface area contributed by atoms with Gasteiger partial charge in [0, 0.05) is 24.8 Å². The van der Waals surface area contributed by atoms with Gasteiger partial charge in [0.2, 0.25) is 5.91 Å². The predicted molar refractivity (Wildman–Crippen MR) is 85.8 cm³/mol. The van der Waals surface area contributed by atoms with Crippen LogP contribution in [-0.2, 0) is 11.2 Å². The fourth-order valence-electron chi connectivity index (χ4n) is 2.19. The second-order valence-corrected chi connectivity index (χ2v) is 5.61. The van der Waals surface area contributed by atoms with Gasteiger partial charge in [-0.2, -0.15) is 0 Å². The van der Waals surface area contributed by atoms with Crippen LogP contribution in [0.3, 0.4) is 0 Å². The average Bonchev–Trinajstić information content (AvgIpc) is 2.42. The quantitative estimate of drug-likeness (QED) is 0.891. The van der Waals surface area contributed by atoms with Crippen molar-refractivity contribution in [3.8, 4) is 0 Å². The van der Waals surface area contributed by atoms with Gasteiger partial charge in [0.05, 0.1) is 6.04 Å². The number of nitrogens with zero attached hydrogens (tertiary/aromatic N) is 1. The summed E-state index contributed by atoms with van der Waals surface area (Å²) in [6, 6.07) is 4.90. The average molecular weight is 312 g/mol. The molecular weight excluding hydrogens is 290 g/mol. The number of fused-ring (bicyclic) bond motifs is 1. The van der Waals surface area contributed by atoms with Gasteiger partial charge >= 0.3 is 0 Å². The third-order valence-corrected chi connectivity index (χ3v) is 3.69. The first-order valence-corrected chi connectivity index (χ1v) is 6.85. The number of likely N-dealkylation sites (N-methyl/N-ethyl adjacent to an activating group) is 1. The van der Waals surface area contributed by atoms with Crippen LogP contribution in [-0.4, -0.2) is 36.3 Å². The summed E-state index contributed by atoms with van der Waals surface area (Å²) in [6.07, 6.45) is 0.845. The van der Waals surface area contributed by atoms with E-state index in [0.29, 0.717) is 11.3 Å². The van der Waals surface area contributed by atoms with Crippen molar-refractivity contribution in [2.75, 3.05) is 18.9 Å². The van der Waals surface area contributed by atoms with Gasteiger partial charge in [-0.05, 0) is 30.0 Å². The molecule has 0 aromatic heterocycles. The van der Waals surface area contributed by atoms with Crippen molar-refractivity contribution < 1.29 is 9.59 Å². The van der Waals surface area contributed by atoms with Crippen LogP contribution in [0.1, 0.15) is 29.8 Å². The fourth-order valence-corrected chi connectivity index (χ4v) is 2.19. The van der Waals surface area contributed by atoms with Gasteiger partial charge < -0.3 is 16.0 Å². The molecule has 6 heteroatoms. The summed E-state index contributed by atoms with van der Waals surface area (Å²) < 4.78 is 0. The van der Waals surface area contributed by atoms with E-state index in [1.807, 2.05) is 26.0 Å². The van der Waals surface area contributed by atoms with Gasteiger partial charge in [-0.3, -0.25) is 9.59 Å². The lowest BCUT2D eigenvalue weighted by molar-refractivity contribution is -0.118. The monoisotopic (exact) mass is 311 g/mol.